The van der Waals surface area contributed by atoms with Crippen LogP contribution in [-0.2, 0) is 4.74 Å². The number of halogens is 1. The van der Waals surface area contributed by atoms with Gasteiger partial charge in [-0.2, -0.15) is 0 Å². The molecule has 1 aromatic carbocycles. The van der Waals surface area contributed by atoms with Gasteiger partial charge in [-0.1, -0.05) is 35.1 Å². The van der Waals surface area contributed by atoms with Crippen molar-refractivity contribution in [1.29, 1.82) is 0 Å². The number of carbonyl (C=O) groups is 1. The first-order valence-corrected chi connectivity index (χ1v) is 7.79. The highest BCUT2D eigenvalue weighted by Crippen LogP contribution is 2.31. The minimum absolute atomic E-state index is 0.0589. The van der Waals surface area contributed by atoms with Gasteiger partial charge in [-0.05, 0) is 19.4 Å². The molecule has 2 aromatic rings. The number of thiazole rings is 1. The number of nitrogens with one attached hydrogen (secondary N) is 1. The summed E-state index contributed by atoms with van der Waals surface area (Å²) >= 11 is 6.97. The molecular formula is C14H14ClN3O4S. The standard InChI is InChI=1S/C14H14ClN3O4S/c1-7-4-5-9(6-10(7)18(20)21)8(2)16-14-17-12(15)11(23-14)13(19)22-3/h4-6,8H,1-3H3,(H,16,17). The Hall–Kier alpha value is -2.19. The van der Waals surface area contributed by atoms with E-state index in [4.69, 9.17) is 11.6 Å². The predicted octanol–water partition coefficient (Wildman–Crippen LogP) is 3.97. The highest BCUT2D eigenvalue weighted by atomic mass is 35.5. The molecule has 0 saturated carbocycles. The maximum atomic E-state index is 11.5. The molecule has 1 heterocycles. The Morgan fingerprint density at radius 2 is 2.22 bits per heavy atom. The van der Waals surface area contributed by atoms with Crippen LogP contribution in [0, 0.1) is 17.0 Å². The molecule has 122 valence electrons. The summed E-state index contributed by atoms with van der Waals surface area (Å²) in [6.45, 7) is 3.52. The summed E-state index contributed by atoms with van der Waals surface area (Å²) in [4.78, 5) is 26.4. The van der Waals surface area contributed by atoms with Crippen LogP contribution < -0.4 is 5.32 Å². The fourth-order valence-electron chi connectivity index (χ4n) is 1.94. The Kier molecular flexibility index (Phi) is 5.17. The van der Waals surface area contributed by atoms with Crippen LogP contribution in [0.15, 0.2) is 18.2 Å². The Balaban J connectivity index is 2.22. The van der Waals surface area contributed by atoms with Gasteiger partial charge in [0, 0.05) is 11.6 Å². The maximum absolute atomic E-state index is 11.5. The van der Waals surface area contributed by atoms with E-state index in [0.29, 0.717) is 10.7 Å². The van der Waals surface area contributed by atoms with E-state index in [1.807, 2.05) is 6.92 Å². The Morgan fingerprint density at radius 1 is 1.52 bits per heavy atom. The monoisotopic (exact) mass is 355 g/mol. The number of aromatic nitrogens is 1. The lowest BCUT2D eigenvalue weighted by Crippen LogP contribution is -2.07. The molecule has 0 bridgehead atoms. The number of methoxy groups -OCH3 is 1. The minimum Gasteiger partial charge on any atom is -0.465 e. The Labute approximate surface area is 141 Å². The lowest BCUT2D eigenvalue weighted by Gasteiger charge is -2.13. The van der Waals surface area contributed by atoms with Crippen molar-refractivity contribution in [2.24, 2.45) is 0 Å². The average molecular weight is 356 g/mol. The predicted molar refractivity (Wildman–Crippen MR) is 88.3 cm³/mol. The molecule has 9 heteroatoms. The van der Waals surface area contributed by atoms with Gasteiger partial charge >= 0.3 is 5.97 Å². The van der Waals surface area contributed by atoms with E-state index in [0.717, 1.165) is 16.9 Å². The SMILES string of the molecule is COC(=O)c1sc(NC(C)c2ccc(C)c([N+](=O)[O-])c2)nc1Cl. The van der Waals surface area contributed by atoms with Gasteiger partial charge in [0.2, 0.25) is 0 Å². The van der Waals surface area contributed by atoms with Crippen LogP contribution in [0.25, 0.3) is 0 Å². The second-order valence-corrected chi connectivity index (χ2v) is 6.16. The van der Waals surface area contributed by atoms with E-state index < -0.39 is 10.9 Å². The van der Waals surface area contributed by atoms with E-state index in [1.165, 1.54) is 13.2 Å². The first-order valence-electron chi connectivity index (χ1n) is 6.59. The van der Waals surface area contributed by atoms with E-state index in [-0.39, 0.29) is 21.8 Å². The van der Waals surface area contributed by atoms with Crippen molar-refractivity contribution in [3.05, 3.63) is 49.5 Å². The lowest BCUT2D eigenvalue weighted by atomic mass is 10.1. The van der Waals surface area contributed by atoms with Crippen molar-refractivity contribution in [3.63, 3.8) is 0 Å². The van der Waals surface area contributed by atoms with Gasteiger partial charge in [0.05, 0.1) is 18.1 Å². The second-order valence-electron chi connectivity index (χ2n) is 4.80. The molecule has 0 spiro atoms. The van der Waals surface area contributed by atoms with E-state index in [2.05, 4.69) is 15.0 Å². The van der Waals surface area contributed by atoms with Gasteiger partial charge in [0.15, 0.2) is 15.2 Å². The van der Waals surface area contributed by atoms with Crippen molar-refractivity contribution < 1.29 is 14.5 Å². The number of benzene rings is 1. The van der Waals surface area contributed by atoms with Crippen LogP contribution in [-0.4, -0.2) is 23.0 Å². The number of hydrogen-bond acceptors (Lipinski definition) is 7. The zero-order chi connectivity index (χ0) is 17.1. The van der Waals surface area contributed by atoms with Gasteiger partial charge in [-0.15, -0.1) is 0 Å². The van der Waals surface area contributed by atoms with E-state index in [9.17, 15) is 14.9 Å². The molecule has 1 aromatic heterocycles. The molecule has 0 radical (unpaired) electrons. The first-order chi connectivity index (χ1) is 10.8. The van der Waals surface area contributed by atoms with Crippen LogP contribution >= 0.6 is 22.9 Å². The van der Waals surface area contributed by atoms with Gasteiger partial charge in [-0.25, -0.2) is 9.78 Å². The number of nitro benzene ring substituents is 1. The van der Waals surface area contributed by atoms with Crippen LogP contribution in [0.2, 0.25) is 5.15 Å². The fourth-order valence-corrected chi connectivity index (χ4v) is 3.13. The zero-order valence-electron chi connectivity index (χ0n) is 12.6. The van der Waals surface area contributed by atoms with Crippen molar-refractivity contribution in [2.45, 2.75) is 19.9 Å². The molecule has 23 heavy (non-hydrogen) atoms. The van der Waals surface area contributed by atoms with Crippen molar-refractivity contribution in [1.82, 2.24) is 4.98 Å². The molecule has 1 unspecified atom stereocenters. The molecule has 0 aliphatic rings. The number of rotatable bonds is 5. The Bertz CT molecular complexity index is 762. The molecule has 1 atom stereocenters. The van der Waals surface area contributed by atoms with Crippen molar-refractivity contribution in [2.75, 3.05) is 12.4 Å². The summed E-state index contributed by atoms with van der Waals surface area (Å²) < 4.78 is 4.62. The van der Waals surface area contributed by atoms with E-state index in [1.54, 1.807) is 19.1 Å². The highest BCUT2D eigenvalue weighted by Gasteiger charge is 2.19. The topological polar surface area (TPSA) is 94.4 Å². The number of anilines is 1. The minimum atomic E-state index is -0.556. The Morgan fingerprint density at radius 3 is 2.83 bits per heavy atom. The summed E-state index contributed by atoms with van der Waals surface area (Å²) in [5.41, 5.74) is 1.38. The molecule has 0 fully saturated rings. The number of carbonyl (C=O) groups excluding carboxylic acids is 1. The van der Waals surface area contributed by atoms with Gasteiger partial charge < -0.3 is 10.1 Å². The molecule has 7 nitrogen and oxygen atoms in total. The van der Waals surface area contributed by atoms with Crippen molar-refractivity contribution >= 4 is 39.7 Å². The zero-order valence-corrected chi connectivity index (χ0v) is 14.2. The van der Waals surface area contributed by atoms with Gasteiger partial charge in [0.1, 0.15) is 0 Å². The normalized spacial score (nSPS) is 11.8. The third-order valence-electron chi connectivity index (χ3n) is 3.23. The molecule has 0 amide bonds. The third-order valence-corrected chi connectivity index (χ3v) is 4.58. The molecule has 1 N–H and O–H groups in total. The van der Waals surface area contributed by atoms with Gasteiger partial charge in [0.25, 0.3) is 5.69 Å². The molecular weight excluding hydrogens is 342 g/mol. The second kappa shape index (κ2) is 6.93. The third kappa shape index (κ3) is 3.77. The number of esters is 1. The largest absolute Gasteiger partial charge is 0.465 e. The number of hydrogen-bond donors (Lipinski definition) is 1. The summed E-state index contributed by atoms with van der Waals surface area (Å²) in [7, 11) is 1.26. The van der Waals surface area contributed by atoms with Crippen molar-refractivity contribution in [3.8, 4) is 0 Å². The lowest BCUT2D eigenvalue weighted by molar-refractivity contribution is -0.385. The molecule has 0 aliphatic heterocycles. The molecule has 0 saturated heterocycles. The first kappa shape index (κ1) is 17.2. The van der Waals surface area contributed by atoms with Crippen LogP contribution in [0.5, 0.6) is 0 Å². The summed E-state index contributed by atoms with van der Waals surface area (Å²) in [5.74, 6) is -0.556. The maximum Gasteiger partial charge on any atom is 0.351 e. The average Bonchev–Trinajstić information content (AvgIpc) is 2.87. The number of aryl methyl sites for hydroxylation is 1. The van der Waals surface area contributed by atoms with Crippen LogP contribution in [0.4, 0.5) is 10.8 Å². The van der Waals surface area contributed by atoms with Gasteiger partial charge in [-0.3, -0.25) is 10.1 Å². The summed E-state index contributed by atoms with van der Waals surface area (Å²) in [5, 5.41) is 14.6. The number of nitro groups is 1. The van der Waals surface area contributed by atoms with Crippen LogP contribution in [0.1, 0.15) is 33.8 Å². The quantitative estimate of drug-likeness (QED) is 0.495. The van der Waals surface area contributed by atoms with E-state index >= 15 is 0 Å². The van der Waals surface area contributed by atoms with Crippen LogP contribution in [0.3, 0.4) is 0 Å². The smallest absolute Gasteiger partial charge is 0.351 e. The highest BCUT2D eigenvalue weighted by molar-refractivity contribution is 7.18. The summed E-state index contributed by atoms with van der Waals surface area (Å²) in [6, 6.07) is 4.77. The number of nitrogens with zero attached hydrogens (tertiary/aromatic N) is 2. The number of ether oxygens (including phenoxy) is 1. The fraction of sp³-hybridized carbons (Fsp3) is 0.286. The summed E-state index contributed by atoms with van der Waals surface area (Å²) in [6.07, 6.45) is 0. The molecule has 2 rings (SSSR count). The molecule has 0 aliphatic carbocycles.